The van der Waals surface area contributed by atoms with Gasteiger partial charge in [-0.2, -0.15) is 0 Å². The molecule has 1 aromatic heterocycles. The molecule has 1 atom stereocenters. The van der Waals surface area contributed by atoms with E-state index >= 15 is 0 Å². The number of imidazole rings is 1. The third-order valence-corrected chi connectivity index (χ3v) is 4.58. The van der Waals surface area contributed by atoms with Gasteiger partial charge in [0.25, 0.3) is 5.91 Å². The number of likely N-dealkylation sites (tertiary alicyclic amines) is 1. The molecular weight excluding hydrogens is 329 g/mol. The number of H-pyrrole nitrogens is 1. The van der Waals surface area contributed by atoms with E-state index in [-0.39, 0.29) is 30.9 Å². The second-order valence-electron chi connectivity index (χ2n) is 6.17. The molecule has 8 nitrogen and oxygen atoms in total. The van der Waals surface area contributed by atoms with Crippen molar-refractivity contribution in [2.45, 2.75) is 18.9 Å². The van der Waals surface area contributed by atoms with Crippen LogP contribution in [0.3, 0.4) is 0 Å². The normalized spacial score (nSPS) is 20.6. The maximum atomic E-state index is 13.3. The second kappa shape index (κ2) is 5.83. The second-order valence-corrected chi connectivity index (χ2v) is 6.17. The number of amides is 4. The number of carbonyl (C=O) groups excluding carboxylic acids is 3. The van der Waals surface area contributed by atoms with Gasteiger partial charge in [-0.3, -0.25) is 14.5 Å². The minimum Gasteiger partial charge on any atom is -0.340 e. The fraction of sp³-hybridized carbons (Fsp3) is 0.375. The van der Waals surface area contributed by atoms with E-state index in [1.807, 2.05) is 0 Å². The lowest BCUT2D eigenvalue weighted by atomic mass is 10.2. The molecule has 2 N–H and O–H groups in total. The van der Waals surface area contributed by atoms with Crippen molar-refractivity contribution in [3.8, 4) is 0 Å². The van der Waals surface area contributed by atoms with Gasteiger partial charge >= 0.3 is 6.03 Å². The number of hydrogen-bond acceptors (Lipinski definition) is 4. The van der Waals surface area contributed by atoms with Gasteiger partial charge in [-0.1, -0.05) is 0 Å². The highest BCUT2D eigenvalue weighted by Crippen LogP contribution is 2.31. The molecule has 2 fully saturated rings. The van der Waals surface area contributed by atoms with Crippen LogP contribution in [0.25, 0.3) is 11.0 Å². The van der Waals surface area contributed by atoms with E-state index < -0.39 is 11.9 Å². The van der Waals surface area contributed by atoms with E-state index in [1.54, 1.807) is 11.0 Å². The molecule has 4 amide bonds. The van der Waals surface area contributed by atoms with Crippen molar-refractivity contribution < 1.29 is 18.8 Å². The SMILES string of the molecule is O=C1CNC(=O)N1CC(=O)N1CCCC1c1nc2ccc(F)cc2[nH]1. The summed E-state index contributed by atoms with van der Waals surface area (Å²) in [6, 6.07) is 3.46. The number of nitrogens with zero attached hydrogens (tertiary/aromatic N) is 3. The fourth-order valence-corrected chi connectivity index (χ4v) is 3.35. The Kier molecular flexibility index (Phi) is 3.63. The highest BCUT2D eigenvalue weighted by Gasteiger charge is 2.36. The van der Waals surface area contributed by atoms with Crippen LogP contribution in [0.1, 0.15) is 24.7 Å². The molecule has 0 spiro atoms. The van der Waals surface area contributed by atoms with E-state index in [4.69, 9.17) is 0 Å². The molecule has 25 heavy (non-hydrogen) atoms. The molecule has 130 valence electrons. The Hall–Kier alpha value is -2.97. The summed E-state index contributed by atoms with van der Waals surface area (Å²) in [5.74, 6) is -0.489. The van der Waals surface area contributed by atoms with Crippen molar-refractivity contribution in [1.82, 2.24) is 25.1 Å². The van der Waals surface area contributed by atoms with Crippen LogP contribution in [0, 0.1) is 5.82 Å². The van der Waals surface area contributed by atoms with E-state index in [0.29, 0.717) is 29.8 Å². The number of benzene rings is 1. The molecule has 0 bridgehead atoms. The van der Waals surface area contributed by atoms with E-state index in [0.717, 1.165) is 11.3 Å². The van der Waals surface area contributed by atoms with Gasteiger partial charge in [-0.25, -0.2) is 14.2 Å². The smallest absolute Gasteiger partial charge is 0.325 e. The number of aromatic amines is 1. The molecule has 4 rings (SSSR count). The van der Waals surface area contributed by atoms with Crippen LogP contribution >= 0.6 is 0 Å². The standard InChI is InChI=1S/C16H16FN5O3/c17-9-3-4-10-11(6-9)20-15(19-10)12-2-1-5-21(12)14(24)8-22-13(23)7-18-16(22)25/h3-4,6,12H,1-2,5,7-8H2,(H,18,25)(H,19,20). The molecule has 9 heteroatoms. The van der Waals surface area contributed by atoms with Crippen LogP contribution in [0.4, 0.5) is 9.18 Å². The number of rotatable bonds is 3. The average Bonchev–Trinajstić information content (AvgIpc) is 3.28. The summed E-state index contributed by atoms with van der Waals surface area (Å²) < 4.78 is 13.3. The van der Waals surface area contributed by atoms with Crippen LogP contribution in [-0.2, 0) is 9.59 Å². The monoisotopic (exact) mass is 345 g/mol. The van der Waals surface area contributed by atoms with Gasteiger partial charge < -0.3 is 15.2 Å². The van der Waals surface area contributed by atoms with E-state index in [9.17, 15) is 18.8 Å². The van der Waals surface area contributed by atoms with E-state index in [1.165, 1.54) is 12.1 Å². The Bertz CT molecular complexity index is 864. The van der Waals surface area contributed by atoms with Gasteiger partial charge in [0.1, 0.15) is 18.2 Å². The molecule has 0 radical (unpaired) electrons. The highest BCUT2D eigenvalue weighted by atomic mass is 19.1. The predicted molar refractivity (Wildman–Crippen MR) is 84.9 cm³/mol. The van der Waals surface area contributed by atoms with Crippen LogP contribution in [-0.4, -0.2) is 57.2 Å². The third kappa shape index (κ3) is 2.71. The fourth-order valence-electron chi connectivity index (χ4n) is 3.35. The summed E-state index contributed by atoms with van der Waals surface area (Å²) in [5.41, 5.74) is 1.20. The summed E-state index contributed by atoms with van der Waals surface area (Å²) in [7, 11) is 0. The van der Waals surface area contributed by atoms with Gasteiger partial charge in [0.2, 0.25) is 5.91 Å². The molecule has 1 aromatic carbocycles. The number of aromatic nitrogens is 2. The summed E-state index contributed by atoms with van der Waals surface area (Å²) in [6.45, 7) is 0.166. The highest BCUT2D eigenvalue weighted by molar-refractivity contribution is 6.04. The Morgan fingerprint density at radius 2 is 2.20 bits per heavy atom. The summed E-state index contributed by atoms with van der Waals surface area (Å²) in [6.07, 6.45) is 1.51. The molecular formula is C16H16FN5O3. The number of carbonyl (C=O) groups is 3. The first kappa shape index (κ1) is 15.6. The number of hydrogen-bond donors (Lipinski definition) is 2. The van der Waals surface area contributed by atoms with Gasteiger partial charge in [0, 0.05) is 6.54 Å². The number of fused-ring (bicyclic) bond motifs is 1. The van der Waals surface area contributed by atoms with Crippen molar-refractivity contribution in [2.24, 2.45) is 0 Å². The first-order valence-corrected chi connectivity index (χ1v) is 8.06. The van der Waals surface area contributed by atoms with Crippen molar-refractivity contribution in [1.29, 1.82) is 0 Å². The molecule has 0 saturated carbocycles. The van der Waals surface area contributed by atoms with Crippen LogP contribution in [0.15, 0.2) is 18.2 Å². The molecule has 2 aromatic rings. The van der Waals surface area contributed by atoms with Gasteiger partial charge in [-0.15, -0.1) is 0 Å². The molecule has 3 heterocycles. The lowest BCUT2D eigenvalue weighted by molar-refractivity contribution is -0.137. The van der Waals surface area contributed by atoms with E-state index in [2.05, 4.69) is 15.3 Å². The summed E-state index contributed by atoms with van der Waals surface area (Å²) >= 11 is 0. The van der Waals surface area contributed by atoms with Gasteiger partial charge in [0.05, 0.1) is 23.6 Å². The average molecular weight is 345 g/mol. The Labute approximate surface area is 142 Å². The minimum absolute atomic E-state index is 0.0787. The zero-order valence-corrected chi connectivity index (χ0v) is 13.3. The maximum Gasteiger partial charge on any atom is 0.325 e. The molecule has 0 aliphatic carbocycles. The number of nitrogens with one attached hydrogen (secondary N) is 2. The maximum absolute atomic E-state index is 13.3. The first-order valence-electron chi connectivity index (χ1n) is 8.06. The number of halogens is 1. The lowest BCUT2D eigenvalue weighted by Crippen LogP contribution is -2.43. The van der Waals surface area contributed by atoms with Gasteiger partial charge in [0.15, 0.2) is 0 Å². The first-order chi connectivity index (χ1) is 12.0. The predicted octanol–water partition coefficient (Wildman–Crippen LogP) is 0.917. The van der Waals surface area contributed by atoms with Crippen molar-refractivity contribution >= 4 is 28.9 Å². The summed E-state index contributed by atoms with van der Waals surface area (Å²) in [4.78, 5) is 45.9. The van der Waals surface area contributed by atoms with Crippen molar-refractivity contribution in [3.63, 3.8) is 0 Å². The Balaban J connectivity index is 1.55. The molecule has 2 aliphatic rings. The molecule has 1 unspecified atom stereocenters. The van der Waals surface area contributed by atoms with Gasteiger partial charge in [-0.05, 0) is 31.0 Å². The van der Waals surface area contributed by atoms with Crippen LogP contribution in [0.5, 0.6) is 0 Å². The topological polar surface area (TPSA) is 98.4 Å². The molecule has 2 aliphatic heterocycles. The zero-order valence-electron chi connectivity index (χ0n) is 13.3. The number of urea groups is 1. The van der Waals surface area contributed by atoms with Crippen LogP contribution < -0.4 is 5.32 Å². The number of imide groups is 1. The third-order valence-electron chi connectivity index (χ3n) is 4.58. The minimum atomic E-state index is -0.548. The molecule has 2 saturated heterocycles. The Morgan fingerprint density at radius 1 is 1.36 bits per heavy atom. The zero-order chi connectivity index (χ0) is 17.6. The van der Waals surface area contributed by atoms with Crippen molar-refractivity contribution in [3.05, 3.63) is 29.8 Å². The largest absolute Gasteiger partial charge is 0.340 e. The van der Waals surface area contributed by atoms with Crippen molar-refractivity contribution in [2.75, 3.05) is 19.6 Å². The van der Waals surface area contributed by atoms with Crippen LogP contribution in [0.2, 0.25) is 0 Å². The summed E-state index contributed by atoms with van der Waals surface area (Å²) in [5, 5.41) is 2.39. The quantitative estimate of drug-likeness (QED) is 0.808. The lowest BCUT2D eigenvalue weighted by Gasteiger charge is -2.24. The Morgan fingerprint density at radius 3 is 2.96 bits per heavy atom.